The fourth-order valence-corrected chi connectivity index (χ4v) is 2.35. The van der Waals surface area contributed by atoms with Crippen molar-refractivity contribution in [2.45, 2.75) is 13.5 Å². The fraction of sp³-hybridized carbons (Fsp3) is 0.188. The predicted octanol–water partition coefficient (Wildman–Crippen LogP) is 4.31. The standard InChI is InChI=1S/C16H14BrF2NO/c1-10-3-4-11(8-15(10)19)16(21)20(2)9-12-7-13(17)5-6-14(12)18/h3-8H,9H2,1-2H3. The second kappa shape index (κ2) is 6.35. The molecule has 0 aliphatic heterocycles. The summed E-state index contributed by atoms with van der Waals surface area (Å²) in [5.41, 5.74) is 1.12. The van der Waals surface area contributed by atoms with Crippen LogP contribution in [-0.4, -0.2) is 17.9 Å². The molecule has 0 saturated heterocycles. The Bertz CT molecular complexity index is 688. The largest absolute Gasteiger partial charge is 0.337 e. The second-order valence-electron chi connectivity index (χ2n) is 4.86. The minimum atomic E-state index is -0.428. The molecule has 0 aromatic heterocycles. The number of aryl methyl sites for hydroxylation is 1. The smallest absolute Gasteiger partial charge is 0.254 e. The van der Waals surface area contributed by atoms with Crippen molar-refractivity contribution in [3.8, 4) is 0 Å². The Morgan fingerprint density at radius 1 is 1.14 bits per heavy atom. The molecule has 110 valence electrons. The van der Waals surface area contributed by atoms with E-state index in [1.165, 1.54) is 17.0 Å². The number of hydrogen-bond donors (Lipinski definition) is 0. The van der Waals surface area contributed by atoms with Crippen molar-refractivity contribution in [2.24, 2.45) is 0 Å². The van der Waals surface area contributed by atoms with Gasteiger partial charge in [0.15, 0.2) is 0 Å². The summed E-state index contributed by atoms with van der Waals surface area (Å²) in [6.07, 6.45) is 0. The third kappa shape index (κ3) is 3.67. The molecule has 0 radical (unpaired) electrons. The molecular weight excluding hydrogens is 340 g/mol. The van der Waals surface area contributed by atoms with Gasteiger partial charge in [0.1, 0.15) is 11.6 Å². The molecule has 21 heavy (non-hydrogen) atoms. The second-order valence-corrected chi connectivity index (χ2v) is 5.78. The summed E-state index contributed by atoms with van der Waals surface area (Å²) in [6, 6.07) is 8.87. The summed E-state index contributed by atoms with van der Waals surface area (Å²) in [7, 11) is 1.56. The Kier molecular flexibility index (Phi) is 4.73. The lowest BCUT2D eigenvalue weighted by Crippen LogP contribution is -2.26. The third-order valence-corrected chi connectivity index (χ3v) is 3.67. The first kappa shape index (κ1) is 15.6. The average Bonchev–Trinajstić information content (AvgIpc) is 2.45. The molecule has 0 fully saturated rings. The Morgan fingerprint density at radius 3 is 2.52 bits per heavy atom. The van der Waals surface area contributed by atoms with Gasteiger partial charge >= 0.3 is 0 Å². The van der Waals surface area contributed by atoms with Crippen LogP contribution in [0, 0.1) is 18.6 Å². The van der Waals surface area contributed by atoms with E-state index in [1.807, 2.05) is 0 Å². The number of hydrogen-bond acceptors (Lipinski definition) is 1. The zero-order chi connectivity index (χ0) is 15.6. The number of carbonyl (C=O) groups is 1. The van der Waals surface area contributed by atoms with Gasteiger partial charge in [0.05, 0.1) is 0 Å². The zero-order valence-electron chi connectivity index (χ0n) is 11.7. The minimum Gasteiger partial charge on any atom is -0.337 e. The van der Waals surface area contributed by atoms with Crippen molar-refractivity contribution in [3.63, 3.8) is 0 Å². The topological polar surface area (TPSA) is 20.3 Å². The highest BCUT2D eigenvalue weighted by Gasteiger charge is 2.15. The van der Waals surface area contributed by atoms with Gasteiger partial charge < -0.3 is 4.90 Å². The highest BCUT2D eigenvalue weighted by Crippen LogP contribution is 2.18. The van der Waals surface area contributed by atoms with Gasteiger partial charge in [-0.3, -0.25) is 4.79 Å². The van der Waals surface area contributed by atoms with E-state index in [4.69, 9.17) is 0 Å². The summed E-state index contributed by atoms with van der Waals surface area (Å²) in [5, 5.41) is 0. The van der Waals surface area contributed by atoms with Gasteiger partial charge in [-0.1, -0.05) is 22.0 Å². The van der Waals surface area contributed by atoms with Crippen molar-refractivity contribution in [2.75, 3.05) is 7.05 Å². The van der Waals surface area contributed by atoms with Crippen LogP contribution in [0.4, 0.5) is 8.78 Å². The Morgan fingerprint density at radius 2 is 1.86 bits per heavy atom. The SMILES string of the molecule is Cc1ccc(C(=O)N(C)Cc2cc(Br)ccc2F)cc1F. The summed E-state index contributed by atoms with van der Waals surface area (Å²) in [5.74, 6) is -1.16. The number of halogens is 3. The maximum Gasteiger partial charge on any atom is 0.254 e. The average molecular weight is 354 g/mol. The first-order valence-corrected chi connectivity index (χ1v) is 7.13. The van der Waals surface area contributed by atoms with Crippen LogP contribution in [0.5, 0.6) is 0 Å². The quantitative estimate of drug-likeness (QED) is 0.805. The number of rotatable bonds is 3. The van der Waals surface area contributed by atoms with Gasteiger partial charge in [0, 0.05) is 29.2 Å². The lowest BCUT2D eigenvalue weighted by Gasteiger charge is -2.18. The first-order chi connectivity index (χ1) is 9.88. The number of benzene rings is 2. The molecule has 2 aromatic carbocycles. The lowest BCUT2D eigenvalue weighted by atomic mass is 10.1. The van der Waals surface area contributed by atoms with Crippen LogP contribution in [0.25, 0.3) is 0 Å². The number of amides is 1. The molecule has 0 atom stereocenters. The molecule has 2 aromatic rings. The molecule has 0 bridgehead atoms. The van der Waals surface area contributed by atoms with Crippen LogP contribution in [0.3, 0.4) is 0 Å². The normalized spacial score (nSPS) is 10.5. The van der Waals surface area contributed by atoms with Gasteiger partial charge in [-0.15, -0.1) is 0 Å². The molecule has 0 spiro atoms. The van der Waals surface area contributed by atoms with E-state index in [-0.39, 0.29) is 23.8 Å². The minimum absolute atomic E-state index is 0.111. The van der Waals surface area contributed by atoms with Crippen LogP contribution in [0.15, 0.2) is 40.9 Å². The zero-order valence-corrected chi connectivity index (χ0v) is 13.2. The molecule has 2 nitrogen and oxygen atoms in total. The number of nitrogens with zero attached hydrogens (tertiary/aromatic N) is 1. The maximum atomic E-state index is 13.7. The molecule has 0 heterocycles. The van der Waals surface area contributed by atoms with Gasteiger partial charge in [-0.25, -0.2) is 8.78 Å². The van der Waals surface area contributed by atoms with Gasteiger partial charge in [0.2, 0.25) is 0 Å². The van der Waals surface area contributed by atoms with E-state index in [2.05, 4.69) is 15.9 Å². The van der Waals surface area contributed by atoms with Crippen LogP contribution in [-0.2, 0) is 6.54 Å². The molecule has 2 rings (SSSR count). The lowest BCUT2D eigenvalue weighted by molar-refractivity contribution is 0.0783. The predicted molar refractivity (Wildman–Crippen MR) is 81.0 cm³/mol. The van der Waals surface area contributed by atoms with Crippen LogP contribution < -0.4 is 0 Å². The van der Waals surface area contributed by atoms with Crippen molar-refractivity contribution in [1.29, 1.82) is 0 Å². The van der Waals surface area contributed by atoms with Crippen molar-refractivity contribution in [3.05, 3.63) is 69.2 Å². The van der Waals surface area contributed by atoms with Gasteiger partial charge in [-0.05, 0) is 42.8 Å². The molecule has 0 saturated carbocycles. The fourth-order valence-electron chi connectivity index (χ4n) is 1.94. The van der Waals surface area contributed by atoms with Crippen LogP contribution in [0.1, 0.15) is 21.5 Å². The molecule has 5 heteroatoms. The van der Waals surface area contributed by atoms with E-state index in [0.717, 1.165) is 4.47 Å². The van der Waals surface area contributed by atoms with Gasteiger partial charge in [-0.2, -0.15) is 0 Å². The Labute approximate surface area is 130 Å². The van der Waals surface area contributed by atoms with E-state index in [1.54, 1.807) is 38.2 Å². The molecule has 0 N–H and O–H groups in total. The summed E-state index contributed by atoms with van der Waals surface area (Å²) < 4.78 is 27.9. The highest BCUT2D eigenvalue weighted by atomic mass is 79.9. The van der Waals surface area contributed by atoms with Gasteiger partial charge in [0.25, 0.3) is 5.91 Å². The molecule has 1 amide bonds. The molecule has 0 aliphatic carbocycles. The van der Waals surface area contributed by atoms with E-state index >= 15 is 0 Å². The van der Waals surface area contributed by atoms with E-state index in [0.29, 0.717) is 11.1 Å². The number of carbonyl (C=O) groups excluding carboxylic acids is 1. The van der Waals surface area contributed by atoms with Crippen LogP contribution in [0.2, 0.25) is 0 Å². The third-order valence-electron chi connectivity index (χ3n) is 3.18. The van der Waals surface area contributed by atoms with Crippen molar-refractivity contribution < 1.29 is 13.6 Å². The van der Waals surface area contributed by atoms with E-state index < -0.39 is 5.82 Å². The Hall–Kier alpha value is -1.75. The monoisotopic (exact) mass is 353 g/mol. The summed E-state index contributed by atoms with van der Waals surface area (Å²) in [6.45, 7) is 1.74. The molecule has 0 unspecified atom stereocenters. The van der Waals surface area contributed by atoms with Crippen molar-refractivity contribution in [1.82, 2.24) is 4.90 Å². The first-order valence-electron chi connectivity index (χ1n) is 6.34. The van der Waals surface area contributed by atoms with Crippen LogP contribution >= 0.6 is 15.9 Å². The van der Waals surface area contributed by atoms with E-state index in [9.17, 15) is 13.6 Å². The molecule has 0 aliphatic rings. The summed E-state index contributed by atoms with van der Waals surface area (Å²) in [4.78, 5) is 13.6. The Balaban J connectivity index is 2.19. The summed E-state index contributed by atoms with van der Waals surface area (Å²) >= 11 is 3.27. The highest BCUT2D eigenvalue weighted by molar-refractivity contribution is 9.10. The van der Waals surface area contributed by atoms with Crippen molar-refractivity contribution >= 4 is 21.8 Å². The molecular formula is C16H14BrF2NO. The maximum absolute atomic E-state index is 13.7.